The first-order valence-electron chi connectivity index (χ1n) is 23.1. The number of imidazole rings is 1. The van der Waals surface area contributed by atoms with Crippen LogP contribution in [0.3, 0.4) is 0 Å². The molecule has 69 heavy (non-hydrogen) atoms. The van der Waals surface area contributed by atoms with Gasteiger partial charge >= 0.3 is 0 Å². The van der Waals surface area contributed by atoms with E-state index in [0.29, 0.717) is 11.4 Å². The van der Waals surface area contributed by atoms with Gasteiger partial charge in [0.2, 0.25) is 0 Å². The zero-order chi connectivity index (χ0) is 45.8. The summed E-state index contributed by atoms with van der Waals surface area (Å²) < 4.78 is 4.55. The predicted octanol–water partition coefficient (Wildman–Crippen LogP) is 15.7. The second kappa shape index (κ2) is 17.8. The van der Waals surface area contributed by atoms with E-state index >= 15 is 0 Å². The molecule has 0 saturated carbocycles. The van der Waals surface area contributed by atoms with Crippen LogP contribution in [0.1, 0.15) is 25.0 Å². The molecule has 0 aliphatic carbocycles. The van der Waals surface area contributed by atoms with Gasteiger partial charge < -0.3 is 9.67 Å². The minimum atomic E-state index is -0.145. The van der Waals surface area contributed by atoms with Gasteiger partial charge in [-0.2, -0.15) is 0 Å². The average molecular weight is 1070 g/mol. The molecular weight excluding hydrogens is 1020 g/mol. The Balaban J connectivity index is 0.00000520. The molecule has 0 bridgehead atoms. The molecule has 0 aliphatic rings. The summed E-state index contributed by atoms with van der Waals surface area (Å²) >= 11 is 0. The predicted molar refractivity (Wildman–Crippen MR) is 279 cm³/mol. The molecule has 0 fully saturated rings. The van der Waals surface area contributed by atoms with Crippen molar-refractivity contribution in [1.82, 2.24) is 19.1 Å². The van der Waals surface area contributed by atoms with Gasteiger partial charge in [-0.1, -0.05) is 206 Å². The number of rotatable bonds is 9. The van der Waals surface area contributed by atoms with Crippen molar-refractivity contribution >= 4 is 32.8 Å². The van der Waals surface area contributed by atoms with Gasteiger partial charge in [-0.3, -0.25) is 9.55 Å². The number of hydrogen-bond acceptors (Lipinski definition) is 3. The van der Waals surface area contributed by atoms with E-state index in [4.69, 9.17) is 9.97 Å². The van der Waals surface area contributed by atoms with E-state index in [1.165, 1.54) is 11.1 Å². The van der Waals surface area contributed by atoms with Crippen molar-refractivity contribution in [2.24, 2.45) is 0 Å². The van der Waals surface area contributed by atoms with Crippen molar-refractivity contribution in [1.29, 1.82) is 0 Å². The number of fused-ring (bicyclic) bond motifs is 4. The van der Waals surface area contributed by atoms with Crippen LogP contribution in [-0.4, -0.2) is 24.2 Å². The Morgan fingerprint density at radius 3 is 1.88 bits per heavy atom. The molecule has 0 radical (unpaired) electrons. The van der Waals surface area contributed by atoms with Crippen molar-refractivity contribution in [3.8, 4) is 73.2 Å². The first kappa shape index (κ1) is 43.5. The normalized spacial score (nSPS) is 11.6. The fourth-order valence-electron chi connectivity index (χ4n) is 10.0. The number of aromatic nitrogens is 4. The first-order valence-corrected chi connectivity index (χ1v) is 23.1. The van der Waals surface area contributed by atoms with Gasteiger partial charge in [-0.25, -0.2) is 4.98 Å². The topological polar surface area (TPSA) is 55.9 Å². The summed E-state index contributed by atoms with van der Waals surface area (Å²) in [5.41, 5.74) is 16.7. The Hall–Kier alpha value is -8.11. The van der Waals surface area contributed by atoms with Crippen LogP contribution < -0.4 is 0 Å². The van der Waals surface area contributed by atoms with Gasteiger partial charge in [0.1, 0.15) is 11.6 Å². The summed E-state index contributed by atoms with van der Waals surface area (Å²) in [5, 5.41) is 13.7. The van der Waals surface area contributed by atoms with Gasteiger partial charge in [-0.05, 0) is 87.3 Å². The SMILES string of the molecule is CC(C)(c1ccccc1)c1ccc(-c2ccnc(-c3[c-]c(-c4cccc5c4nc(-c4ccccc4O)n5-c4ccccc4-c4ccccc4)c4c5ccccc5n(-c5ccccc5)c4c3)c2)cc1.[Pt]. The molecule has 0 unspecified atom stereocenters. The zero-order valence-electron chi connectivity index (χ0n) is 38.0. The summed E-state index contributed by atoms with van der Waals surface area (Å²) in [7, 11) is 0. The van der Waals surface area contributed by atoms with Crippen molar-refractivity contribution in [2.45, 2.75) is 19.3 Å². The maximum Gasteiger partial charge on any atom is 0.148 e. The van der Waals surface area contributed by atoms with E-state index in [0.717, 1.165) is 88.9 Å². The van der Waals surface area contributed by atoms with Crippen LogP contribution >= 0.6 is 0 Å². The standard InChI is InChI=1S/C63H45N4O.Pt/c1-63(2,46-21-8-4-9-22-46)47-35-33-42(34-36-47)44-37-38-64-54(40-44)45-39-53(60-51-26-13-16-30-56(51)66(58(60)41-45)48-23-10-5-11-24-48)50-28-18-31-57-61(50)65-62(52-27-14-17-32-59(52)68)67(57)55-29-15-12-25-49(55)43-19-6-3-7-20-43;/h3-38,40-41,68H,1-2H3;/q-1;. The van der Waals surface area contributed by atoms with Crippen LogP contribution in [0.15, 0.2) is 231 Å². The fourth-order valence-corrected chi connectivity index (χ4v) is 10.0. The van der Waals surface area contributed by atoms with E-state index in [2.05, 4.69) is 223 Å². The molecule has 0 atom stereocenters. The Labute approximate surface area is 415 Å². The molecule has 1 N–H and O–H groups in total. The third kappa shape index (κ3) is 7.56. The smallest absolute Gasteiger partial charge is 0.148 e. The van der Waals surface area contributed by atoms with Gasteiger partial charge in [-0.15, -0.1) is 11.6 Å². The van der Waals surface area contributed by atoms with E-state index in [9.17, 15) is 5.11 Å². The summed E-state index contributed by atoms with van der Waals surface area (Å²) in [6.45, 7) is 4.56. The van der Waals surface area contributed by atoms with Crippen molar-refractivity contribution in [3.63, 3.8) is 0 Å². The molecule has 0 saturated heterocycles. The van der Waals surface area contributed by atoms with Crippen LogP contribution in [0, 0.1) is 6.07 Å². The Morgan fingerprint density at radius 2 is 1.12 bits per heavy atom. The summed E-state index contributed by atoms with van der Waals surface area (Å²) in [5.74, 6) is 0.797. The van der Waals surface area contributed by atoms with Gasteiger partial charge in [0.15, 0.2) is 0 Å². The molecule has 9 aromatic carbocycles. The van der Waals surface area contributed by atoms with Crippen LogP contribution in [0.25, 0.3) is 100 Å². The number of aromatic hydroxyl groups is 1. The fraction of sp³-hybridized carbons (Fsp3) is 0.0476. The quantitative estimate of drug-likeness (QED) is 0.147. The maximum absolute atomic E-state index is 11.5. The first-order chi connectivity index (χ1) is 33.4. The number of para-hydroxylation sites is 5. The Bertz CT molecular complexity index is 3820. The molecular formula is C63H45N4OPt-. The van der Waals surface area contributed by atoms with Crippen LogP contribution in [0.4, 0.5) is 0 Å². The molecule has 3 aromatic heterocycles. The molecule has 6 heteroatoms. The number of nitrogens with zero attached hydrogens (tertiary/aromatic N) is 4. The van der Waals surface area contributed by atoms with E-state index < -0.39 is 0 Å². The summed E-state index contributed by atoms with van der Waals surface area (Å²) in [6.07, 6.45) is 1.90. The molecule has 12 aromatic rings. The summed E-state index contributed by atoms with van der Waals surface area (Å²) in [6, 6.07) is 82.0. The van der Waals surface area contributed by atoms with E-state index in [1.54, 1.807) is 6.07 Å². The van der Waals surface area contributed by atoms with E-state index in [-0.39, 0.29) is 32.2 Å². The number of phenols is 1. The Kier molecular flexibility index (Phi) is 11.2. The molecule has 0 amide bonds. The number of hydrogen-bond donors (Lipinski definition) is 1. The van der Waals surface area contributed by atoms with Crippen molar-refractivity contribution < 1.29 is 26.2 Å². The van der Waals surface area contributed by atoms with Gasteiger partial charge in [0, 0.05) is 55.1 Å². The second-order valence-electron chi connectivity index (χ2n) is 17.8. The van der Waals surface area contributed by atoms with Gasteiger partial charge in [0.25, 0.3) is 0 Å². The molecule has 12 rings (SSSR count). The molecule has 0 spiro atoms. The number of benzene rings is 9. The zero-order valence-corrected chi connectivity index (χ0v) is 40.3. The summed E-state index contributed by atoms with van der Waals surface area (Å²) in [4.78, 5) is 10.6. The van der Waals surface area contributed by atoms with Gasteiger partial charge in [0.05, 0.1) is 22.3 Å². The number of pyridine rings is 1. The molecule has 5 nitrogen and oxygen atoms in total. The third-order valence-electron chi connectivity index (χ3n) is 13.5. The minimum absolute atomic E-state index is 0. The second-order valence-corrected chi connectivity index (χ2v) is 17.8. The van der Waals surface area contributed by atoms with E-state index in [1.807, 2.05) is 30.5 Å². The van der Waals surface area contributed by atoms with Crippen molar-refractivity contribution in [3.05, 3.63) is 248 Å². The van der Waals surface area contributed by atoms with Crippen molar-refractivity contribution in [2.75, 3.05) is 0 Å². The van der Waals surface area contributed by atoms with Crippen LogP contribution in [-0.2, 0) is 26.5 Å². The number of phenolic OH excluding ortho intramolecular Hbond substituents is 1. The monoisotopic (exact) mass is 1070 g/mol. The largest absolute Gasteiger partial charge is 0.507 e. The average Bonchev–Trinajstić information content (AvgIpc) is 3.96. The van der Waals surface area contributed by atoms with Crippen LogP contribution in [0.2, 0.25) is 0 Å². The molecule has 0 aliphatic heterocycles. The Morgan fingerprint density at radius 1 is 0.493 bits per heavy atom. The van der Waals surface area contributed by atoms with Crippen LogP contribution in [0.5, 0.6) is 5.75 Å². The molecule has 334 valence electrons. The maximum atomic E-state index is 11.5. The third-order valence-corrected chi connectivity index (χ3v) is 13.5. The molecule has 3 heterocycles. The minimum Gasteiger partial charge on any atom is -0.507 e.